The van der Waals surface area contributed by atoms with E-state index in [4.69, 9.17) is 4.74 Å². The average Bonchev–Trinajstić information content (AvgIpc) is 2.81. The highest BCUT2D eigenvalue weighted by atomic mass is 127. The molecule has 4 heteroatoms. The third-order valence-electron chi connectivity index (χ3n) is 1.99. The van der Waals surface area contributed by atoms with E-state index in [0.717, 1.165) is 14.2 Å². The number of hydrogen-bond acceptors (Lipinski definition) is 3. The van der Waals surface area contributed by atoms with E-state index in [0.29, 0.717) is 0 Å². The summed E-state index contributed by atoms with van der Waals surface area (Å²) in [6, 6.07) is 11.3. The van der Waals surface area contributed by atoms with Gasteiger partial charge in [0.05, 0.1) is 8.45 Å². The molecule has 0 atom stereocenters. The third-order valence-corrected chi connectivity index (χ3v) is 3.79. The van der Waals surface area contributed by atoms with Crippen LogP contribution in [0.3, 0.4) is 0 Å². The van der Waals surface area contributed by atoms with E-state index in [-0.39, 0.29) is 12.4 Å². The second-order valence-corrected chi connectivity index (χ2v) is 5.23. The number of rotatable bonds is 4. The Kier molecular flexibility index (Phi) is 3.95. The number of thiophene rings is 1. The maximum absolute atomic E-state index is 11.7. The molecule has 1 aromatic heterocycles. The zero-order valence-corrected chi connectivity index (χ0v) is 11.3. The minimum Gasteiger partial charge on any atom is -0.484 e. The molecular formula is C12H9IO2S. The minimum absolute atomic E-state index is 0.0228. The molecule has 0 unspecified atom stereocenters. The summed E-state index contributed by atoms with van der Waals surface area (Å²) in [7, 11) is 0. The molecule has 0 aliphatic carbocycles. The number of ether oxygens (including phenoxy) is 1. The Labute approximate surface area is 111 Å². The van der Waals surface area contributed by atoms with Gasteiger partial charge in [-0.1, -0.05) is 18.2 Å². The molecule has 0 bridgehead atoms. The first-order valence-corrected chi connectivity index (χ1v) is 6.67. The van der Waals surface area contributed by atoms with Crippen LogP contribution in [0, 0.1) is 3.57 Å². The molecule has 2 aromatic rings. The van der Waals surface area contributed by atoms with E-state index in [9.17, 15) is 4.79 Å². The zero-order chi connectivity index (χ0) is 11.4. The fourth-order valence-electron chi connectivity index (χ4n) is 1.21. The minimum atomic E-state index is 0.0228. The zero-order valence-electron chi connectivity index (χ0n) is 8.35. The molecule has 0 fully saturated rings. The number of benzene rings is 1. The quantitative estimate of drug-likeness (QED) is 0.626. The van der Waals surface area contributed by atoms with Crippen LogP contribution in [-0.2, 0) is 0 Å². The molecule has 0 amide bonds. The van der Waals surface area contributed by atoms with Crippen molar-refractivity contribution < 1.29 is 9.53 Å². The molecule has 16 heavy (non-hydrogen) atoms. The second-order valence-electron chi connectivity index (χ2n) is 3.12. The number of carbonyl (C=O) groups excluding carboxylic acids is 1. The normalized spacial score (nSPS) is 10.1. The van der Waals surface area contributed by atoms with Gasteiger partial charge >= 0.3 is 0 Å². The predicted octanol–water partition coefficient (Wildman–Crippen LogP) is 3.61. The molecule has 0 saturated heterocycles. The van der Waals surface area contributed by atoms with Crippen LogP contribution in [0.5, 0.6) is 5.75 Å². The van der Waals surface area contributed by atoms with Gasteiger partial charge in [0.15, 0.2) is 6.61 Å². The monoisotopic (exact) mass is 344 g/mol. The fraction of sp³-hybridized carbons (Fsp3) is 0.0833. The molecule has 1 heterocycles. The van der Waals surface area contributed by atoms with Crippen LogP contribution in [0.4, 0.5) is 0 Å². The molecular weight excluding hydrogens is 335 g/mol. The number of halogens is 1. The molecule has 2 nitrogen and oxygen atoms in total. The highest BCUT2D eigenvalue weighted by Gasteiger charge is 2.08. The summed E-state index contributed by atoms with van der Waals surface area (Å²) in [4.78, 5) is 12.4. The number of hydrogen-bond donors (Lipinski definition) is 0. The summed E-state index contributed by atoms with van der Waals surface area (Å²) in [5, 5.41) is 1.89. The molecule has 1 aromatic carbocycles. The van der Waals surface area contributed by atoms with E-state index in [1.54, 1.807) is 0 Å². The molecule has 0 spiro atoms. The van der Waals surface area contributed by atoms with Gasteiger partial charge in [0.2, 0.25) is 5.78 Å². The van der Waals surface area contributed by atoms with Crippen molar-refractivity contribution >= 4 is 39.7 Å². The lowest BCUT2D eigenvalue weighted by Gasteiger charge is -2.06. The van der Waals surface area contributed by atoms with E-state index in [1.807, 2.05) is 41.8 Å². The largest absolute Gasteiger partial charge is 0.484 e. The number of carbonyl (C=O) groups is 1. The van der Waals surface area contributed by atoms with Crippen LogP contribution in [-0.4, -0.2) is 12.4 Å². The Morgan fingerprint density at radius 3 is 2.75 bits per heavy atom. The molecule has 0 saturated carbocycles. The van der Waals surface area contributed by atoms with Gasteiger partial charge in [-0.3, -0.25) is 4.79 Å². The number of ketones is 1. The number of para-hydroxylation sites is 1. The summed E-state index contributed by atoms with van der Waals surface area (Å²) >= 11 is 3.63. The van der Waals surface area contributed by atoms with Gasteiger partial charge in [0.1, 0.15) is 5.75 Å². The smallest absolute Gasteiger partial charge is 0.210 e. The lowest BCUT2D eigenvalue weighted by molar-refractivity contribution is 0.0925. The van der Waals surface area contributed by atoms with Crippen LogP contribution >= 0.6 is 33.9 Å². The van der Waals surface area contributed by atoms with Gasteiger partial charge in [-0.2, -0.15) is 0 Å². The molecule has 0 radical (unpaired) electrons. The van der Waals surface area contributed by atoms with Crippen molar-refractivity contribution in [2.75, 3.05) is 6.61 Å². The van der Waals surface area contributed by atoms with Gasteiger partial charge in [0, 0.05) is 0 Å². The molecule has 0 N–H and O–H groups in total. The van der Waals surface area contributed by atoms with Crippen LogP contribution in [0.1, 0.15) is 9.67 Å². The van der Waals surface area contributed by atoms with Crippen LogP contribution < -0.4 is 4.74 Å². The summed E-state index contributed by atoms with van der Waals surface area (Å²) in [5.41, 5.74) is 0. The van der Waals surface area contributed by atoms with E-state index >= 15 is 0 Å². The van der Waals surface area contributed by atoms with Gasteiger partial charge in [-0.15, -0.1) is 11.3 Å². The second kappa shape index (κ2) is 5.45. The van der Waals surface area contributed by atoms with E-state index < -0.39 is 0 Å². The summed E-state index contributed by atoms with van der Waals surface area (Å²) < 4.78 is 6.49. The van der Waals surface area contributed by atoms with Crippen molar-refractivity contribution in [3.05, 3.63) is 50.2 Å². The first kappa shape index (κ1) is 11.6. The van der Waals surface area contributed by atoms with Gasteiger partial charge in [-0.05, 0) is 46.2 Å². The average molecular weight is 344 g/mol. The Morgan fingerprint density at radius 1 is 1.25 bits per heavy atom. The Hall–Kier alpha value is -0.880. The van der Waals surface area contributed by atoms with Crippen molar-refractivity contribution in [2.24, 2.45) is 0 Å². The molecule has 2 rings (SSSR count). The van der Waals surface area contributed by atoms with Crippen molar-refractivity contribution in [3.8, 4) is 5.75 Å². The summed E-state index contributed by atoms with van der Waals surface area (Å²) in [6.45, 7) is 0.0977. The molecule has 0 aliphatic rings. The number of Topliss-reactive ketones (excluding diaryl/α,β-unsaturated/α-hetero) is 1. The molecule has 82 valence electrons. The van der Waals surface area contributed by atoms with E-state index in [1.165, 1.54) is 11.3 Å². The van der Waals surface area contributed by atoms with Crippen molar-refractivity contribution in [3.63, 3.8) is 0 Å². The highest BCUT2D eigenvalue weighted by Crippen LogP contribution is 2.20. The van der Waals surface area contributed by atoms with Gasteiger partial charge in [-0.25, -0.2) is 0 Å². The Bertz CT molecular complexity index is 480. The first-order chi connectivity index (χ1) is 7.77. The van der Waals surface area contributed by atoms with Crippen molar-refractivity contribution in [1.82, 2.24) is 0 Å². The molecule has 0 aliphatic heterocycles. The predicted molar refractivity (Wildman–Crippen MR) is 73.3 cm³/mol. The van der Waals surface area contributed by atoms with Gasteiger partial charge < -0.3 is 4.74 Å². The highest BCUT2D eigenvalue weighted by molar-refractivity contribution is 14.1. The van der Waals surface area contributed by atoms with Crippen molar-refractivity contribution in [1.29, 1.82) is 0 Å². The summed E-state index contributed by atoms with van der Waals surface area (Å²) in [6.07, 6.45) is 0. The van der Waals surface area contributed by atoms with Crippen LogP contribution in [0.2, 0.25) is 0 Å². The lowest BCUT2D eigenvalue weighted by Crippen LogP contribution is -2.10. The van der Waals surface area contributed by atoms with Crippen LogP contribution in [0.25, 0.3) is 0 Å². The van der Waals surface area contributed by atoms with E-state index in [2.05, 4.69) is 22.6 Å². The topological polar surface area (TPSA) is 26.3 Å². The third kappa shape index (κ3) is 2.82. The Morgan fingerprint density at radius 2 is 2.06 bits per heavy atom. The maximum atomic E-state index is 11.7. The maximum Gasteiger partial charge on any atom is 0.210 e. The lowest BCUT2D eigenvalue weighted by atomic mass is 10.3. The van der Waals surface area contributed by atoms with Gasteiger partial charge in [0.25, 0.3) is 0 Å². The SMILES string of the molecule is O=C(COc1ccccc1I)c1cccs1. The summed E-state index contributed by atoms with van der Waals surface area (Å²) in [5.74, 6) is 0.780. The fourth-order valence-corrected chi connectivity index (χ4v) is 2.41. The Balaban J connectivity index is 1.98. The first-order valence-electron chi connectivity index (χ1n) is 4.71. The van der Waals surface area contributed by atoms with Crippen LogP contribution in [0.15, 0.2) is 41.8 Å². The standard InChI is InChI=1S/C12H9IO2S/c13-9-4-1-2-5-11(9)15-8-10(14)12-6-3-7-16-12/h1-7H,8H2. The van der Waals surface area contributed by atoms with Crippen molar-refractivity contribution in [2.45, 2.75) is 0 Å².